The zero-order chi connectivity index (χ0) is 13.9. The molecule has 2 aromatic rings. The molecule has 8 heteroatoms. The highest BCUT2D eigenvalue weighted by Crippen LogP contribution is 2.24. The summed E-state index contributed by atoms with van der Waals surface area (Å²) < 4.78 is 5.74. The molecule has 106 valence electrons. The van der Waals surface area contributed by atoms with Gasteiger partial charge in [0.05, 0.1) is 17.9 Å². The molecule has 1 unspecified atom stereocenters. The van der Waals surface area contributed by atoms with Gasteiger partial charge in [-0.25, -0.2) is 4.68 Å². The molecule has 0 saturated carbocycles. The summed E-state index contributed by atoms with van der Waals surface area (Å²) in [6.07, 6.45) is 6.18. The summed E-state index contributed by atoms with van der Waals surface area (Å²) in [5, 5.41) is 11.9. The number of likely N-dealkylation sites (tertiary alicyclic amines) is 1. The third-order valence-electron chi connectivity index (χ3n) is 3.50. The van der Waals surface area contributed by atoms with E-state index < -0.39 is 0 Å². The first-order valence-corrected chi connectivity index (χ1v) is 7.53. The Morgan fingerprint density at radius 3 is 3.20 bits per heavy atom. The molecule has 1 fully saturated rings. The van der Waals surface area contributed by atoms with Crippen LogP contribution in [-0.2, 0) is 6.42 Å². The van der Waals surface area contributed by atoms with Gasteiger partial charge in [-0.1, -0.05) is 23.0 Å². The van der Waals surface area contributed by atoms with Crippen molar-refractivity contribution in [3.05, 3.63) is 23.0 Å². The van der Waals surface area contributed by atoms with E-state index in [0.29, 0.717) is 11.4 Å². The average Bonchev–Trinajstić information content (AvgIpc) is 3.19. The zero-order valence-electron chi connectivity index (χ0n) is 11.3. The average molecular weight is 292 g/mol. The molecule has 0 aliphatic carbocycles. The first kappa shape index (κ1) is 13.2. The highest BCUT2D eigenvalue weighted by molar-refractivity contribution is 7.08. The monoisotopic (exact) mass is 292 g/mol. The largest absolute Gasteiger partial charge is 0.336 e. The van der Waals surface area contributed by atoms with Crippen LogP contribution in [0.1, 0.15) is 41.2 Å². The van der Waals surface area contributed by atoms with Crippen LogP contribution in [0.15, 0.2) is 12.4 Å². The lowest BCUT2D eigenvalue weighted by atomic mass is 10.2. The maximum Gasteiger partial charge on any atom is 0.267 e. The number of nitrogens with zero attached hydrogens (tertiary/aromatic N) is 6. The van der Waals surface area contributed by atoms with E-state index in [-0.39, 0.29) is 11.9 Å². The lowest BCUT2D eigenvalue weighted by molar-refractivity contribution is 0.0790. The van der Waals surface area contributed by atoms with Gasteiger partial charge in [0.15, 0.2) is 0 Å². The SMILES string of the molecule is CCCc1nnsc1C(=O)N1CCC(n2ccnn2)C1. The van der Waals surface area contributed by atoms with Crippen LogP contribution in [0.2, 0.25) is 0 Å². The molecule has 0 aromatic carbocycles. The fourth-order valence-electron chi connectivity index (χ4n) is 2.47. The molecule has 3 rings (SSSR count). The van der Waals surface area contributed by atoms with Gasteiger partial charge < -0.3 is 4.90 Å². The molecule has 7 nitrogen and oxygen atoms in total. The summed E-state index contributed by atoms with van der Waals surface area (Å²) in [6.45, 7) is 3.49. The van der Waals surface area contributed by atoms with E-state index in [9.17, 15) is 4.79 Å². The zero-order valence-corrected chi connectivity index (χ0v) is 12.1. The lowest BCUT2D eigenvalue weighted by Gasteiger charge is -2.15. The van der Waals surface area contributed by atoms with Crippen molar-refractivity contribution in [2.75, 3.05) is 13.1 Å². The predicted molar refractivity (Wildman–Crippen MR) is 73.5 cm³/mol. The normalized spacial score (nSPS) is 18.6. The highest BCUT2D eigenvalue weighted by atomic mass is 32.1. The molecular formula is C12H16N6OS. The fourth-order valence-corrected chi connectivity index (χ4v) is 3.15. The van der Waals surface area contributed by atoms with Crippen LogP contribution in [-0.4, -0.2) is 48.5 Å². The smallest absolute Gasteiger partial charge is 0.267 e. The Morgan fingerprint density at radius 1 is 1.55 bits per heavy atom. The van der Waals surface area contributed by atoms with Crippen molar-refractivity contribution in [3.63, 3.8) is 0 Å². The Bertz CT molecular complexity index is 581. The lowest BCUT2D eigenvalue weighted by Crippen LogP contribution is -2.29. The molecule has 1 amide bonds. The molecule has 1 aliphatic heterocycles. The van der Waals surface area contributed by atoms with E-state index in [4.69, 9.17) is 0 Å². The fraction of sp³-hybridized carbons (Fsp3) is 0.583. The molecule has 0 bridgehead atoms. The molecule has 0 N–H and O–H groups in total. The van der Waals surface area contributed by atoms with Crippen LogP contribution in [0.4, 0.5) is 0 Å². The van der Waals surface area contributed by atoms with Gasteiger partial charge in [0, 0.05) is 19.3 Å². The second-order valence-corrected chi connectivity index (χ2v) is 5.63. The molecule has 0 spiro atoms. The number of rotatable bonds is 4. The van der Waals surface area contributed by atoms with Crippen molar-refractivity contribution in [2.45, 2.75) is 32.2 Å². The van der Waals surface area contributed by atoms with Crippen molar-refractivity contribution in [1.82, 2.24) is 29.5 Å². The second-order valence-electron chi connectivity index (χ2n) is 4.88. The summed E-state index contributed by atoms with van der Waals surface area (Å²) >= 11 is 1.20. The van der Waals surface area contributed by atoms with E-state index in [1.165, 1.54) is 11.5 Å². The summed E-state index contributed by atoms with van der Waals surface area (Å²) in [4.78, 5) is 15.1. The van der Waals surface area contributed by atoms with E-state index >= 15 is 0 Å². The summed E-state index contributed by atoms with van der Waals surface area (Å²) in [5.41, 5.74) is 0.826. The predicted octanol–water partition coefficient (Wildman–Crippen LogP) is 1.17. The topological polar surface area (TPSA) is 76.8 Å². The van der Waals surface area contributed by atoms with Crippen molar-refractivity contribution in [1.29, 1.82) is 0 Å². The van der Waals surface area contributed by atoms with Crippen LogP contribution < -0.4 is 0 Å². The number of hydrogen-bond donors (Lipinski definition) is 0. The molecular weight excluding hydrogens is 276 g/mol. The standard InChI is InChI=1S/C12H16N6OS/c1-2-3-10-11(20-16-14-10)12(19)17-6-4-9(8-17)18-7-5-13-15-18/h5,7,9H,2-4,6,8H2,1H3. The number of hydrogen-bond acceptors (Lipinski definition) is 6. The molecule has 1 saturated heterocycles. The van der Waals surface area contributed by atoms with Crippen LogP contribution in [0.5, 0.6) is 0 Å². The first-order valence-electron chi connectivity index (χ1n) is 6.76. The molecule has 2 aromatic heterocycles. The number of carbonyl (C=O) groups excluding carboxylic acids is 1. The van der Waals surface area contributed by atoms with Gasteiger partial charge in [-0.3, -0.25) is 4.79 Å². The highest BCUT2D eigenvalue weighted by Gasteiger charge is 2.30. The minimum Gasteiger partial charge on any atom is -0.336 e. The van der Waals surface area contributed by atoms with E-state index in [2.05, 4.69) is 26.8 Å². The Kier molecular flexibility index (Phi) is 3.72. The third-order valence-corrected chi connectivity index (χ3v) is 4.26. The second kappa shape index (κ2) is 5.66. The number of aryl methyl sites for hydroxylation is 1. The number of amides is 1. The number of aromatic nitrogens is 5. The molecule has 1 aliphatic rings. The quantitative estimate of drug-likeness (QED) is 0.845. The Morgan fingerprint density at radius 2 is 2.45 bits per heavy atom. The summed E-state index contributed by atoms with van der Waals surface area (Å²) in [7, 11) is 0. The summed E-state index contributed by atoms with van der Waals surface area (Å²) in [6, 6.07) is 0.219. The van der Waals surface area contributed by atoms with Crippen molar-refractivity contribution in [3.8, 4) is 0 Å². The van der Waals surface area contributed by atoms with Gasteiger partial charge in [0.2, 0.25) is 0 Å². The van der Waals surface area contributed by atoms with E-state index in [1.54, 1.807) is 6.20 Å². The number of carbonyl (C=O) groups is 1. The van der Waals surface area contributed by atoms with Crippen molar-refractivity contribution >= 4 is 17.4 Å². The Hall–Kier alpha value is -1.83. The minimum absolute atomic E-state index is 0.0473. The molecule has 0 radical (unpaired) electrons. The minimum atomic E-state index is 0.0473. The van der Waals surface area contributed by atoms with Crippen LogP contribution in [0.25, 0.3) is 0 Å². The molecule has 3 heterocycles. The molecule has 1 atom stereocenters. The third kappa shape index (κ3) is 2.43. The van der Waals surface area contributed by atoms with Gasteiger partial charge in [0.25, 0.3) is 5.91 Å². The maximum atomic E-state index is 12.5. The van der Waals surface area contributed by atoms with Crippen LogP contribution in [0, 0.1) is 0 Å². The van der Waals surface area contributed by atoms with Gasteiger partial charge in [-0.2, -0.15) is 0 Å². The van der Waals surface area contributed by atoms with E-state index in [0.717, 1.165) is 31.5 Å². The van der Waals surface area contributed by atoms with Gasteiger partial charge in [-0.15, -0.1) is 10.2 Å². The van der Waals surface area contributed by atoms with Gasteiger partial charge >= 0.3 is 0 Å². The van der Waals surface area contributed by atoms with Crippen LogP contribution >= 0.6 is 11.5 Å². The summed E-state index contributed by atoms with van der Waals surface area (Å²) in [5.74, 6) is 0.0473. The molecule has 20 heavy (non-hydrogen) atoms. The van der Waals surface area contributed by atoms with Gasteiger partial charge in [-0.05, 0) is 24.4 Å². The van der Waals surface area contributed by atoms with Crippen LogP contribution in [0.3, 0.4) is 0 Å². The van der Waals surface area contributed by atoms with E-state index in [1.807, 2.05) is 15.8 Å². The van der Waals surface area contributed by atoms with Crippen molar-refractivity contribution in [2.24, 2.45) is 0 Å². The van der Waals surface area contributed by atoms with Gasteiger partial charge in [0.1, 0.15) is 4.88 Å². The Labute approximate surface area is 120 Å². The maximum absolute atomic E-state index is 12.5. The van der Waals surface area contributed by atoms with Crippen molar-refractivity contribution < 1.29 is 4.79 Å². The Balaban J connectivity index is 1.71. The first-order chi connectivity index (χ1) is 9.79.